The third-order valence-corrected chi connectivity index (χ3v) is 1.90. The third-order valence-electron chi connectivity index (χ3n) is 1.90. The van der Waals surface area contributed by atoms with Crippen molar-refractivity contribution in [2.75, 3.05) is 0 Å². The number of hydrogen-bond donors (Lipinski definition) is 1. The van der Waals surface area contributed by atoms with Crippen molar-refractivity contribution in [1.29, 1.82) is 0 Å². The van der Waals surface area contributed by atoms with E-state index in [0.717, 1.165) is 0 Å². The van der Waals surface area contributed by atoms with Crippen LogP contribution in [-0.4, -0.2) is 17.9 Å². The molecule has 0 unspecified atom stereocenters. The molecule has 0 bridgehead atoms. The molecular weight excluding hydrogens is 224 g/mol. The minimum absolute atomic E-state index is 0.406. The molecule has 0 radical (unpaired) electrons. The summed E-state index contributed by atoms with van der Waals surface area (Å²) >= 11 is 0. The first-order valence-electron chi connectivity index (χ1n) is 4.76. The molecule has 0 fully saturated rings. The summed E-state index contributed by atoms with van der Waals surface area (Å²) in [4.78, 5) is 29.2. The summed E-state index contributed by atoms with van der Waals surface area (Å²) in [5.41, 5.74) is 8.38. The minimum Gasteiger partial charge on any atom is -0.357 e. The third kappa shape index (κ3) is 3.84. The Morgan fingerprint density at radius 3 is 2.65 bits per heavy atom. The topological polar surface area (TPSA) is 104 Å². The fourth-order valence-electron chi connectivity index (χ4n) is 1.07. The van der Waals surface area contributed by atoms with Gasteiger partial charge in [0.25, 0.3) is 5.91 Å². The first-order valence-corrected chi connectivity index (χ1v) is 4.76. The van der Waals surface area contributed by atoms with Crippen LogP contribution < -0.4 is 5.32 Å². The van der Waals surface area contributed by atoms with Crippen molar-refractivity contribution in [1.82, 2.24) is 5.32 Å². The van der Waals surface area contributed by atoms with Crippen LogP contribution in [0.25, 0.3) is 10.4 Å². The highest BCUT2D eigenvalue weighted by atomic mass is 16.7. The standard InChI is InChI=1S/C10H10N4O3/c1-7(10(16)17-14-13-11)12-9(15)8-5-3-2-4-6-8/h2-7H,1H3,(H,12,15)/t7-/m0/s1. The number of amides is 1. The molecule has 0 spiro atoms. The van der Waals surface area contributed by atoms with Gasteiger partial charge in [-0.25, -0.2) is 4.79 Å². The van der Waals surface area contributed by atoms with Gasteiger partial charge in [0.15, 0.2) is 0 Å². The Bertz CT molecular complexity index is 454. The van der Waals surface area contributed by atoms with E-state index in [0.29, 0.717) is 5.56 Å². The minimum atomic E-state index is -0.895. The highest BCUT2D eigenvalue weighted by Crippen LogP contribution is 1.99. The summed E-state index contributed by atoms with van der Waals surface area (Å²) in [6, 6.07) is 7.52. The molecule has 0 heterocycles. The van der Waals surface area contributed by atoms with Crippen molar-refractivity contribution < 1.29 is 14.4 Å². The van der Waals surface area contributed by atoms with Crippen LogP contribution in [0.4, 0.5) is 0 Å². The molecular formula is C10H10N4O3. The number of carbonyl (C=O) groups is 2. The SMILES string of the molecule is C[C@H](NC(=O)c1ccccc1)C(=O)ON=[N+]=[N-]. The quantitative estimate of drug-likeness (QED) is 0.370. The van der Waals surface area contributed by atoms with Crippen molar-refractivity contribution in [2.24, 2.45) is 5.28 Å². The van der Waals surface area contributed by atoms with Crippen LogP contribution in [0.5, 0.6) is 0 Å². The Labute approximate surface area is 97.0 Å². The van der Waals surface area contributed by atoms with Gasteiger partial charge in [-0.1, -0.05) is 18.2 Å². The van der Waals surface area contributed by atoms with Crippen molar-refractivity contribution in [3.05, 3.63) is 46.3 Å². The van der Waals surface area contributed by atoms with Crippen LogP contribution >= 0.6 is 0 Å². The number of azide groups is 1. The number of carbonyl (C=O) groups excluding carboxylic acids is 2. The molecule has 1 aromatic rings. The zero-order chi connectivity index (χ0) is 12.7. The molecule has 1 amide bonds. The second-order valence-electron chi connectivity index (χ2n) is 3.14. The molecule has 0 saturated carbocycles. The maximum atomic E-state index is 11.6. The Balaban J connectivity index is 2.57. The van der Waals surface area contributed by atoms with E-state index in [9.17, 15) is 9.59 Å². The van der Waals surface area contributed by atoms with Crippen LogP contribution in [-0.2, 0) is 9.63 Å². The maximum absolute atomic E-state index is 11.6. The van der Waals surface area contributed by atoms with Crippen LogP contribution in [0.2, 0.25) is 0 Å². The molecule has 0 saturated heterocycles. The van der Waals surface area contributed by atoms with Gasteiger partial charge in [-0.3, -0.25) is 4.79 Å². The van der Waals surface area contributed by atoms with Gasteiger partial charge in [0.05, 0.1) is 0 Å². The van der Waals surface area contributed by atoms with Crippen LogP contribution in [0.15, 0.2) is 35.6 Å². The van der Waals surface area contributed by atoms with E-state index < -0.39 is 17.9 Å². The van der Waals surface area contributed by atoms with Gasteiger partial charge < -0.3 is 10.2 Å². The molecule has 0 aliphatic heterocycles. The van der Waals surface area contributed by atoms with Crippen molar-refractivity contribution >= 4 is 11.9 Å². The first-order chi connectivity index (χ1) is 8.15. The van der Waals surface area contributed by atoms with Gasteiger partial charge in [-0.2, -0.15) is 0 Å². The molecule has 1 aromatic carbocycles. The number of benzene rings is 1. The van der Waals surface area contributed by atoms with Crippen LogP contribution in [0, 0.1) is 0 Å². The van der Waals surface area contributed by atoms with Gasteiger partial charge in [0, 0.05) is 10.5 Å². The van der Waals surface area contributed by atoms with Gasteiger partial charge in [-0.05, 0) is 24.6 Å². The van der Waals surface area contributed by atoms with Crippen molar-refractivity contribution in [3.63, 3.8) is 0 Å². The highest BCUT2D eigenvalue weighted by Gasteiger charge is 2.17. The summed E-state index contributed by atoms with van der Waals surface area (Å²) in [5.74, 6) is -1.23. The van der Waals surface area contributed by atoms with E-state index in [1.165, 1.54) is 6.92 Å². The summed E-state index contributed by atoms with van der Waals surface area (Å²) in [7, 11) is 0. The molecule has 7 heteroatoms. The molecule has 7 nitrogen and oxygen atoms in total. The zero-order valence-electron chi connectivity index (χ0n) is 9.03. The van der Waals surface area contributed by atoms with E-state index in [-0.39, 0.29) is 0 Å². The lowest BCUT2D eigenvalue weighted by Gasteiger charge is -2.10. The zero-order valence-corrected chi connectivity index (χ0v) is 9.03. The average Bonchev–Trinajstić information content (AvgIpc) is 2.36. The lowest BCUT2D eigenvalue weighted by atomic mass is 10.2. The van der Waals surface area contributed by atoms with E-state index >= 15 is 0 Å². The fourth-order valence-corrected chi connectivity index (χ4v) is 1.07. The smallest absolute Gasteiger partial charge is 0.340 e. The summed E-state index contributed by atoms with van der Waals surface area (Å²) < 4.78 is 0. The number of nitrogens with zero attached hydrogens (tertiary/aromatic N) is 3. The average molecular weight is 234 g/mol. The molecule has 17 heavy (non-hydrogen) atoms. The Kier molecular flexibility index (Phi) is 4.53. The predicted octanol–water partition coefficient (Wildman–Crippen LogP) is 1.57. The molecule has 0 aromatic heterocycles. The Hall–Kier alpha value is -2.53. The van der Waals surface area contributed by atoms with Gasteiger partial charge in [-0.15, -0.1) is 0 Å². The first kappa shape index (κ1) is 12.5. The molecule has 1 atom stereocenters. The fraction of sp³-hybridized carbons (Fsp3) is 0.200. The number of hydrogen-bond acceptors (Lipinski definition) is 4. The van der Waals surface area contributed by atoms with E-state index in [1.54, 1.807) is 30.3 Å². The summed E-state index contributed by atoms with van der Waals surface area (Å²) in [6.07, 6.45) is 0. The second kappa shape index (κ2) is 6.14. The highest BCUT2D eigenvalue weighted by molar-refractivity contribution is 5.96. The molecule has 0 aliphatic carbocycles. The second-order valence-corrected chi connectivity index (χ2v) is 3.14. The van der Waals surface area contributed by atoms with Gasteiger partial charge in [0.2, 0.25) is 0 Å². The Morgan fingerprint density at radius 1 is 1.41 bits per heavy atom. The predicted molar refractivity (Wildman–Crippen MR) is 58.6 cm³/mol. The van der Waals surface area contributed by atoms with Gasteiger partial charge >= 0.3 is 5.97 Å². The maximum Gasteiger partial charge on any atom is 0.340 e. The van der Waals surface area contributed by atoms with Gasteiger partial charge in [0.1, 0.15) is 11.3 Å². The number of rotatable bonds is 4. The summed E-state index contributed by atoms with van der Waals surface area (Å²) in [6.45, 7) is 1.43. The van der Waals surface area contributed by atoms with E-state index in [4.69, 9.17) is 5.53 Å². The van der Waals surface area contributed by atoms with Crippen molar-refractivity contribution in [2.45, 2.75) is 13.0 Å². The molecule has 0 aliphatic rings. The van der Waals surface area contributed by atoms with Crippen LogP contribution in [0.1, 0.15) is 17.3 Å². The molecule has 1 N–H and O–H groups in total. The van der Waals surface area contributed by atoms with Crippen molar-refractivity contribution in [3.8, 4) is 0 Å². The lowest BCUT2D eigenvalue weighted by molar-refractivity contribution is -0.145. The van der Waals surface area contributed by atoms with E-state index in [1.807, 2.05) is 0 Å². The summed E-state index contributed by atoms with van der Waals surface area (Å²) in [5, 5.41) is 5.06. The van der Waals surface area contributed by atoms with Crippen LogP contribution in [0.3, 0.4) is 0 Å². The van der Waals surface area contributed by atoms with E-state index in [2.05, 4.69) is 20.3 Å². The lowest BCUT2D eigenvalue weighted by Crippen LogP contribution is -2.38. The largest absolute Gasteiger partial charge is 0.357 e. The monoisotopic (exact) mass is 234 g/mol. The molecule has 88 valence electrons. The normalized spacial score (nSPS) is 10.9. The number of nitrogens with one attached hydrogen (secondary N) is 1. The Morgan fingerprint density at radius 2 is 2.06 bits per heavy atom. The molecule has 1 rings (SSSR count).